The number of piperidine rings is 1. The highest BCUT2D eigenvalue weighted by atomic mass is 19.1. The Kier molecular flexibility index (Phi) is 9.28. The molecule has 0 unspecified atom stereocenters. The molecular formula is C31H32F2N2O4. The maximum atomic E-state index is 13.7. The topological polar surface area (TPSA) is 82.8 Å². The minimum absolute atomic E-state index is 0.0182. The number of carbonyl (C=O) groups excluding carboxylic acids is 1. The Bertz CT molecular complexity index is 1250. The van der Waals surface area contributed by atoms with Crippen LogP contribution in [0.2, 0.25) is 0 Å². The second-order valence-electron chi connectivity index (χ2n) is 9.70. The number of nitriles is 1. The van der Waals surface area contributed by atoms with Gasteiger partial charge in [-0.1, -0.05) is 24.3 Å². The first-order valence-corrected chi connectivity index (χ1v) is 13.0. The first-order valence-electron chi connectivity index (χ1n) is 13.0. The van der Waals surface area contributed by atoms with Gasteiger partial charge in [0, 0.05) is 12.1 Å². The normalized spacial score (nSPS) is 14.5. The first-order chi connectivity index (χ1) is 18.9. The van der Waals surface area contributed by atoms with Gasteiger partial charge in [0.05, 0.1) is 19.8 Å². The number of Topliss-reactive ketones (excluding diaryl/α,β-unsaturated/α-hetero) is 1. The average Bonchev–Trinajstić information content (AvgIpc) is 2.98. The van der Waals surface area contributed by atoms with E-state index in [2.05, 4.69) is 11.0 Å². The summed E-state index contributed by atoms with van der Waals surface area (Å²) in [5.74, 6) is -0.173. The van der Waals surface area contributed by atoms with Crippen molar-refractivity contribution in [2.24, 2.45) is 5.92 Å². The fourth-order valence-corrected chi connectivity index (χ4v) is 5.40. The lowest BCUT2D eigenvalue weighted by atomic mass is 9.63. The molecule has 0 aromatic heterocycles. The number of aliphatic hydroxyl groups is 1. The smallest absolute Gasteiger partial charge is 0.188 e. The number of carbonyl (C=O) groups is 1. The zero-order valence-corrected chi connectivity index (χ0v) is 21.9. The number of hydrogen-bond acceptors (Lipinski definition) is 6. The Morgan fingerprint density at radius 3 is 2.10 bits per heavy atom. The van der Waals surface area contributed by atoms with Crippen LogP contribution < -0.4 is 9.47 Å². The van der Waals surface area contributed by atoms with E-state index in [4.69, 9.17) is 14.6 Å². The minimum Gasteiger partial charge on any atom is -0.493 e. The molecule has 204 valence electrons. The van der Waals surface area contributed by atoms with Crippen LogP contribution in [0.3, 0.4) is 0 Å². The number of rotatable bonds is 11. The molecule has 0 radical (unpaired) electrons. The third-order valence-electron chi connectivity index (χ3n) is 7.48. The number of methoxy groups -OCH3 is 1. The number of nitrogens with zero attached hydrogens (tertiary/aromatic N) is 2. The predicted molar refractivity (Wildman–Crippen MR) is 143 cm³/mol. The van der Waals surface area contributed by atoms with Gasteiger partial charge in [-0.15, -0.1) is 0 Å². The molecule has 1 N–H and O–H groups in total. The molecule has 0 amide bonds. The van der Waals surface area contributed by atoms with Crippen molar-refractivity contribution in [2.75, 3.05) is 40.0 Å². The molecule has 8 heteroatoms. The van der Waals surface area contributed by atoms with Crippen molar-refractivity contribution < 1.29 is 28.2 Å². The van der Waals surface area contributed by atoms with Crippen LogP contribution in [-0.4, -0.2) is 55.7 Å². The monoisotopic (exact) mass is 534 g/mol. The lowest BCUT2D eigenvalue weighted by Crippen LogP contribution is -2.44. The van der Waals surface area contributed by atoms with Crippen LogP contribution >= 0.6 is 0 Å². The number of ether oxygens (including phenoxy) is 2. The summed E-state index contributed by atoms with van der Waals surface area (Å²) >= 11 is 0. The fraction of sp³-hybridized carbons (Fsp3) is 0.355. The van der Waals surface area contributed by atoms with Crippen LogP contribution in [0, 0.1) is 28.9 Å². The zero-order valence-electron chi connectivity index (χ0n) is 21.9. The van der Waals surface area contributed by atoms with Gasteiger partial charge < -0.3 is 19.5 Å². The van der Waals surface area contributed by atoms with Crippen molar-refractivity contribution in [3.8, 4) is 17.6 Å². The van der Waals surface area contributed by atoms with Gasteiger partial charge in [-0.2, -0.15) is 5.26 Å². The second kappa shape index (κ2) is 12.8. The number of ketones is 1. The molecule has 1 fully saturated rings. The van der Waals surface area contributed by atoms with Gasteiger partial charge in [-0.05, 0) is 91.9 Å². The standard InChI is InChI=1S/C31H32F2N2O4/c1-38-30-19-22(28(37)20-36)3-12-29(30)39-18-2-15-35-16-13-25(14-17-35)31(21-34,23-4-8-26(32)9-5-23)24-6-10-27(33)11-7-24/h3-12,19,25,36H,2,13-18,20H2,1H3. The molecule has 6 nitrogen and oxygen atoms in total. The van der Waals surface area contributed by atoms with Crippen molar-refractivity contribution in [1.82, 2.24) is 4.90 Å². The van der Waals surface area contributed by atoms with Crippen molar-refractivity contribution in [3.63, 3.8) is 0 Å². The molecule has 3 aromatic rings. The van der Waals surface area contributed by atoms with Gasteiger partial charge >= 0.3 is 0 Å². The highest BCUT2D eigenvalue weighted by Gasteiger charge is 2.43. The molecule has 39 heavy (non-hydrogen) atoms. The van der Waals surface area contributed by atoms with Crippen LogP contribution in [0.4, 0.5) is 8.78 Å². The van der Waals surface area contributed by atoms with E-state index < -0.39 is 12.0 Å². The van der Waals surface area contributed by atoms with Crippen LogP contribution in [0.15, 0.2) is 66.7 Å². The minimum atomic E-state index is -1.00. The molecule has 3 aromatic carbocycles. The summed E-state index contributed by atoms with van der Waals surface area (Å²) in [6, 6.07) is 19.5. The molecule has 0 atom stereocenters. The summed E-state index contributed by atoms with van der Waals surface area (Å²) in [6.07, 6.45) is 2.29. The van der Waals surface area contributed by atoms with Gasteiger partial charge in [-0.25, -0.2) is 8.78 Å². The highest BCUT2D eigenvalue weighted by Crippen LogP contribution is 2.44. The van der Waals surface area contributed by atoms with Crippen molar-refractivity contribution in [3.05, 3.63) is 95.1 Å². The van der Waals surface area contributed by atoms with E-state index in [9.17, 15) is 18.8 Å². The maximum absolute atomic E-state index is 13.7. The van der Waals surface area contributed by atoms with Gasteiger partial charge in [0.15, 0.2) is 17.3 Å². The molecule has 1 aliphatic rings. The van der Waals surface area contributed by atoms with Crippen LogP contribution in [-0.2, 0) is 5.41 Å². The van der Waals surface area contributed by atoms with E-state index in [1.807, 2.05) is 0 Å². The Labute approximate surface area is 227 Å². The quantitative estimate of drug-likeness (QED) is 0.271. The van der Waals surface area contributed by atoms with E-state index in [-0.39, 0.29) is 23.3 Å². The van der Waals surface area contributed by atoms with Crippen molar-refractivity contribution in [2.45, 2.75) is 24.7 Å². The van der Waals surface area contributed by atoms with E-state index in [0.717, 1.165) is 38.9 Å². The molecular weight excluding hydrogens is 502 g/mol. The molecule has 0 spiro atoms. The van der Waals surface area contributed by atoms with Crippen LogP contribution in [0.1, 0.15) is 40.7 Å². The number of halogens is 2. The Hall–Kier alpha value is -3.80. The van der Waals surface area contributed by atoms with Gasteiger partial charge in [0.2, 0.25) is 0 Å². The zero-order chi connectivity index (χ0) is 27.8. The molecule has 0 saturated carbocycles. The largest absolute Gasteiger partial charge is 0.493 e. The van der Waals surface area contributed by atoms with E-state index in [1.54, 1.807) is 42.5 Å². The van der Waals surface area contributed by atoms with Gasteiger partial charge in [0.25, 0.3) is 0 Å². The number of aliphatic hydroxyl groups excluding tert-OH is 1. The summed E-state index contributed by atoms with van der Waals surface area (Å²) in [6.45, 7) is 2.28. The molecule has 1 aliphatic heterocycles. The lowest BCUT2D eigenvalue weighted by molar-refractivity contribution is 0.0903. The summed E-state index contributed by atoms with van der Waals surface area (Å²) in [4.78, 5) is 14.1. The Morgan fingerprint density at radius 2 is 1.59 bits per heavy atom. The summed E-state index contributed by atoms with van der Waals surface area (Å²) in [5, 5.41) is 19.6. The average molecular weight is 535 g/mol. The molecule has 1 heterocycles. The summed E-state index contributed by atoms with van der Waals surface area (Å²) in [7, 11) is 1.50. The van der Waals surface area contributed by atoms with Crippen LogP contribution in [0.5, 0.6) is 11.5 Å². The molecule has 0 bridgehead atoms. The summed E-state index contributed by atoms with van der Waals surface area (Å²) < 4.78 is 38.6. The van der Waals surface area contributed by atoms with E-state index in [1.165, 1.54) is 31.4 Å². The third kappa shape index (κ3) is 6.27. The molecule has 4 rings (SSSR count). The number of hydrogen-bond donors (Lipinski definition) is 1. The highest BCUT2D eigenvalue weighted by molar-refractivity contribution is 5.97. The van der Waals surface area contributed by atoms with Crippen LogP contribution in [0.25, 0.3) is 0 Å². The van der Waals surface area contributed by atoms with Gasteiger partial charge in [0.1, 0.15) is 23.7 Å². The second-order valence-corrected chi connectivity index (χ2v) is 9.70. The van der Waals surface area contributed by atoms with Crippen molar-refractivity contribution >= 4 is 5.78 Å². The number of likely N-dealkylation sites (tertiary alicyclic amines) is 1. The predicted octanol–water partition coefficient (Wildman–Crippen LogP) is 5.14. The first kappa shape index (κ1) is 28.2. The Balaban J connectivity index is 1.38. The lowest BCUT2D eigenvalue weighted by Gasteiger charge is -2.41. The summed E-state index contributed by atoms with van der Waals surface area (Å²) in [5.41, 5.74) is 0.784. The van der Waals surface area contributed by atoms with E-state index in [0.29, 0.717) is 34.8 Å². The van der Waals surface area contributed by atoms with Crippen molar-refractivity contribution in [1.29, 1.82) is 5.26 Å². The SMILES string of the molecule is COc1cc(C(=O)CO)ccc1OCCCN1CCC(C(C#N)(c2ccc(F)cc2)c2ccc(F)cc2)CC1. The number of benzene rings is 3. The maximum Gasteiger partial charge on any atom is 0.188 e. The van der Waals surface area contributed by atoms with E-state index >= 15 is 0 Å². The molecule has 1 saturated heterocycles. The fourth-order valence-electron chi connectivity index (χ4n) is 5.40. The van der Waals surface area contributed by atoms with Gasteiger partial charge in [-0.3, -0.25) is 4.79 Å². The molecule has 0 aliphatic carbocycles. The Morgan fingerprint density at radius 1 is 1.00 bits per heavy atom. The third-order valence-corrected chi connectivity index (χ3v) is 7.48.